The van der Waals surface area contributed by atoms with Crippen LogP contribution >= 0.6 is 0 Å². The first-order valence-electron chi connectivity index (χ1n) is 10.0. The highest BCUT2D eigenvalue weighted by Crippen LogP contribution is 2.28. The minimum Gasteiger partial charge on any atom is -0.497 e. The molecular formula is C25H20N4O4. The van der Waals surface area contributed by atoms with Gasteiger partial charge in [-0.15, -0.1) is 0 Å². The van der Waals surface area contributed by atoms with Crippen molar-refractivity contribution in [2.24, 2.45) is 4.99 Å². The highest BCUT2D eigenvalue weighted by atomic mass is 16.6. The molecular weight excluding hydrogens is 420 g/mol. The third-order valence-corrected chi connectivity index (χ3v) is 4.92. The van der Waals surface area contributed by atoms with Gasteiger partial charge >= 0.3 is 0 Å². The van der Waals surface area contributed by atoms with E-state index < -0.39 is 4.92 Å². The molecule has 8 nitrogen and oxygen atoms in total. The van der Waals surface area contributed by atoms with Crippen molar-refractivity contribution in [3.05, 3.63) is 94.5 Å². The summed E-state index contributed by atoms with van der Waals surface area (Å²) in [7, 11) is 3.22. The number of nitro benzene ring substituents is 1. The molecule has 1 aromatic heterocycles. The molecule has 0 aliphatic carbocycles. The Morgan fingerprint density at radius 3 is 1.76 bits per heavy atom. The number of aromatic nitrogens is 2. The van der Waals surface area contributed by atoms with Gasteiger partial charge < -0.3 is 9.47 Å². The molecule has 0 aliphatic rings. The summed E-state index contributed by atoms with van der Waals surface area (Å²) in [5, 5.41) is 11.0. The lowest BCUT2D eigenvalue weighted by molar-refractivity contribution is -0.384. The molecule has 164 valence electrons. The summed E-state index contributed by atoms with van der Waals surface area (Å²) in [6.45, 7) is 0. The average molecular weight is 440 g/mol. The maximum absolute atomic E-state index is 11.0. The third-order valence-electron chi connectivity index (χ3n) is 4.92. The second-order valence-electron chi connectivity index (χ2n) is 7.00. The van der Waals surface area contributed by atoms with Crippen molar-refractivity contribution < 1.29 is 14.4 Å². The van der Waals surface area contributed by atoms with Crippen molar-refractivity contribution in [2.75, 3.05) is 14.2 Å². The van der Waals surface area contributed by atoms with Crippen molar-refractivity contribution in [1.29, 1.82) is 0 Å². The van der Waals surface area contributed by atoms with Crippen LogP contribution in [0.2, 0.25) is 0 Å². The third kappa shape index (κ3) is 5.19. The van der Waals surface area contributed by atoms with Gasteiger partial charge in [-0.3, -0.25) is 10.1 Å². The number of nitrogens with zero attached hydrogens (tertiary/aromatic N) is 4. The number of rotatable bonds is 7. The second kappa shape index (κ2) is 9.69. The van der Waals surface area contributed by atoms with Gasteiger partial charge in [0.05, 0.1) is 30.5 Å². The fourth-order valence-electron chi connectivity index (χ4n) is 3.13. The molecule has 4 rings (SSSR count). The first kappa shape index (κ1) is 21.6. The van der Waals surface area contributed by atoms with E-state index >= 15 is 0 Å². The number of aliphatic imine (C=N–C) groups is 1. The zero-order valence-corrected chi connectivity index (χ0v) is 18.0. The van der Waals surface area contributed by atoms with Gasteiger partial charge in [-0.1, -0.05) is 0 Å². The number of methoxy groups -OCH3 is 2. The molecule has 0 saturated carbocycles. The predicted molar refractivity (Wildman–Crippen MR) is 126 cm³/mol. The van der Waals surface area contributed by atoms with Gasteiger partial charge in [0, 0.05) is 29.5 Å². The molecule has 0 saturated heterocycles. The summed E-state index contributed by atoms with van der Waals surface area (Å²) >= 11 is 0. The highest BCUT2D eigenvalue weighted by molar-refractivity contribution is 5.82. The second-order valence-corrected chi connectivity index (χ2v) is 7.00. The lowest BCUT2D eigenvalue weighted by Crippen LogP contribution is -1.93. The quantitative estimate of drug-likeness (QED) is 0.214. The monoisotopic (exact) mass is 440 g/mol. The minimum atomic E-state index is -0.433. The van der Waals surface area contributed by atoms with E-state index in [4.69, 9.17) is 9.47 Å². The van der Waals surface area contributed by atoms with Gasteiger partial charge in [0.1, 0.15) is 11.5 Å². The zero-order valence-electron chi connectivity index (χ0n) is 18.0. The van der Waals surface area contributed by atoms with E-state index in [9.17, 15) is 10.1 Å². The summed E-state index contributed by atoms with van der Waals surface area (Å²) < 4.78 is 10.4. The van der Waals surface area contributed by atoms with Crippen LogP contribution in [0, 0.1) is 10.1 Å². The Balaban J connectivity index is 1.74. The minimum absolute atomic E-state index is 0.0148. The Morgan fingerprint density at radius 2 is 1.27 bits per heavy atom. The fourth-order valence-corrected chi connectivity index (χ4v) is 3.13. The maximum atomic E-state index is 11.0. The van der Waals surface area contributed by atoms with Gasteiger partial charge in [0.2, 0.25) is 5.95 Å². The SMILES string of the molecule is COc1ccc(/C=N/c2nc(-c3ccc(OC)cc3)cc(-c3ccc([N+](=O)[O-])cc3)n2)cc1. The maximum Gasteiger partial charge on any atom is 0.269 e. The van der Waals surface area contributed by atoms with Gasteiger partial charge in [-0.2, -0.15) is 0 Å². The van der Waals surface area contributed by atoms with Crippen LogP contribution in [0.4, 0.5) is 11.6 Å². The molecule has 4 aromatic rings. The first-order chi connectivity index (χ1) is 16.1. The van der Waals surface area contributed by atoms with Crippen LogP contribution in [0.5, 0.6) is 11.5 Å². The standard InChI is InChI=1S/C25H20N4O4/c1-32-21-11-3-17(4-12-21)16-26-25-27-23(18-5-9-20(10-6-18)29(30)31)15-24(28-25)19-7-13-22(33-2)14-8-19/h3-16H,1-2H3/b26-16+. The lowest BCUT2D eigenvalue weighted by Gasteiger charge is -2.07. The van der Waals surface area contributed by atoms with E-state index in [-0.39, 0.29) is 11.6 Å². The smallest absolute Gasteiger partial charge is 0.269 e. The fraction of sp³-hybridized carbons (Fsp3) is 0.0800. The largest absolute Gasteiger partial charge is 0.497 e. The number of hydrogen-bond acceptors (Lipinski definition) is 7. The molecule has 0 spiro atoms. The molecule has 0 amide bonds. The van der Waals surface area contributed by atoms with E-state index in [1.807, 2.05) is 54.6 Å². The van der Waals surface area contributed by atoms with Crippen molar-refractivity contribution in [3.8, 4) is 34.0 Å². The van der Waals surface area contributed by atoms with Crippen LogP contribution < -0.4 is 9.47 Å². The summed E-state index contributed by atoms with van der Waals surface area (Å²) in [5.41, 5.74) is 3.74. The molecule has 0 unspecified atom stereocenters. The van der Waals surface area contributed by atoms with E-state index in [0.717, 1.165) is 28.2 Å². The van der Waals surface area contributed by atoms with Crippen molar-refractivity contribution in [2.45, 2.75) is 0 Å². The molecule has 0 N–H and O–H groups in total. The Kier molecular flexibility index (Phi) is 6.36. The van der Waals surface area contributed by atoms with Crippen molar-refractivity contribution in [3.63, 3.8) is 0 Å². The van der Waals surface area contributed by atoms with E-state index in [1.165, 1.54) is 12.1 Å². The lowest BCUT2D eigenvalue weighted by atomic mass is 10.1. The van der Waals surface area contributed by atoms with Gasteiger partial charge in [0.15, 0.2) is 0 Å². The number of non-ortho nitro benzene ring substituents is 1. The Hall–Kier alpha value is -4.59. The van der Waals surface area contributed by atoms with Gasteiger partial charge in [-0.25, -0.2) is 15.0 Å². The molecule has 3 aromatic carbocycles. The van der Waals surface area contributed by atoms with Gasteiger partial charge in [0.25, 0.3) is 5.69 Å². The van der Waals surface area contributed by atoms with Gasteiger partial charge in [-0.05, 0) is 72.3 Å². The van der Waals surface area contributed by atoms with Crippen LogP contribution in [-0.2, 0) is 0 Å². The summed E-state index contributed by atoms with van der Waals surface area (Å²) in [4.78, 5) is 24.2. The molecule has 8 heteroatoms. The van der Waals surface area contributed by atoms with Crippen molar-refractivity contribution >= 4 is 17.9 Å². The Bertz CT molecular complexity index is 1290. The Labute approximate surface area is 190 Å². The van der Waals surface area contributed by atoms with Crippen LogP contribution in [0.3, 0.4) is 0 Å². The molecule has 0 fully saturated rings. The molecule has 33 heavy (non-hydrogen) atoms. The van der Waals surface area contributed by atoms with Crippen LogP contribution in [0.25, 0.3) is 22.5 Å². The average Bonchev–Trinajstić information content (AvgIpc) is 2.87. The summed E-state index contributed by atoms with van der Waals surface area (Å²) in [6.07, 6.45) is 1.67. The number of nitro groups is 1. The highest BCUT2D eigenvalue weighted by Gasteiger charge is 2.11. The molecule has 0 atom stereocenters. The predicted octanol–water partition coefficient (Wildman–Crippen LogP) is 5.49. The van der Waals surface area contributed by atoms with Crippen LogP contribution in [0.1, 0.15) is 5.56 Å². The summed E-state index contributed by atoms with van der Waals surface area (Å²) in [5.74, 6) is 1.76. The van der Waals surface area contributed by atoms with E-state index in [1.54, 1.807) is 32.6 Å². The molecule has 0 radical (unpaired) electrons. The number of ether oxygens (including phenoxy) is 2. The topological polar surface area (TPSA) is 99.7 Å². The van der Waals surface area contributed by atoms with Crippen molar-refractivity contribution in [1.82, 2.24) is 9.97 Å². The van der Waals surface area contributed by atoms with E-state index in [0.29, 0.717) is 11.4 Å². The number of benzene rings is 3. The zero-order chi connectivity index (χ0) is 23.2. The van der Waals surface area contributed by atoms with E-state index in [2.05, 4.69) is 15.0 Å². The number of hydrogen-bond donors (Lipinski definition) is 0. The molecule has 1 heterocycles. The molecule has 0 aliphatic heterocycles. The first-order valence-corrected chi connectivity index (χ1v) is 10.0. The molecule has 0 bridgehead atoms. The summed E-state index contributed by atoms with van der Waals surface area (Å²) in [6, 6.07) is 23.0. The van der Waals surface area contributed by atoms with Crippen LogP contribution in [-0.4, -0.2) is 35.3 Å². The normalized spacial score (nSPS) is 10.8. The van der Waals surface area contributed by atoms with Crippen LogP contribution in [0.15, 0.2) is 83.9 Å². The Morgan fingerprint density at radius 1 is 0.788 bits per heavy atom.